The summed E-state index contributed by atoms with van der Waals surface area (Å²) in [5.41, 5.74) is 0. The van der Waals surface area contributed by atoms with Crippen molar-refractivity contribution < 1.29 is 22.7 Å². The highest BCUT2D eigenvalue weighted by Crippen LogP contribution is 2.28. The maximum atomic E-state index is 13.4. The number of hydrogen-bond donors (Lipinski definition) is 1. The quantitative estimate of drug-likeness (QED) is 0.851. The summed E-state index contributed by atoms with van der Waals surface area (Å²) in [6.45, 7) is 3.87. The van der Waals surface area contributed by atoms with E-state index < -0.39 is 21.9 Å². The molecule has 0 amide bonds. The summed E-state index contributed by atoms with van der Waals surface area (Å²) in [5, 5.41) is 9.38. The predicted molar refractivity (Wildman–Crippen MR) is 79.8 cm³/mol. The number of rotatable bonds is 5. The number of sulfonamides is 1. The van der Waals surface area contributed by atoms with Crippen LogP contribution in [0.5, 0.6) is 5.75 Å². The minimum Gasteiger partial charge on any atom is -0.495 e. The second kappa shape index (κ2) is 6.91. The minimum absolute atomic E-state index is 0.132. The van der Waals surface area contributed by atoms with Gasteiger partial charge in [0.05, 0.1) is 13.2 Å². The van der Waals surface area contributed by atoms with E-state index in [1.54, 1.807) is 6.92 Å². The van der Waals surface area contributed by atoms with Crippen molar-refractivity contribution in [3.63, 3.8) is 0 Å². The third-order valence-corrected chi connectivity index (χ3v) is 5.52. The summed E-state index contributed by atoms with van der Waals surface area (Å²) < 4.78 is 45.1. The number of ether oxygens (including phenoxy) is 1. The van der Waals surface area contributed by atoms with Crippen molar-refractivity contribution in [2.75, 3.05) is 39.8 Å². The van der Waals surface area contributed by atoms with Crippen LogP contribution in [0.3, 0.4) is 0 Å². The van der Waals surface area contributed by atoms with E-state index in [1.807, 2.05) is 4.90 Å². The molecule has 1 saturated heterocycles. The average Bonchev–Trinajstić information content (AvgIpc) is 2.47. The second-order valence-corrected chi connectivity index (χ2v) is 7.26. The van der Waals surface area contributed by atoms with Crippen LogP contribution in [0.15, 0.2) is 23.1 Å². The fourth-order valence-electron chi connectivity index (χ4n) is 2.52. The van der Waals surface area contributed by atoms with E-state index in [0.29, 0.717) is 32.7 Å². The molecule has 1 aromatic rings. The molecule has 0 aliphatic carbocycles. The van der Waals surface area contributed by atoms with Gasteiger partial charge in [-0.3, -0.25) is 4.90 Å². The van der Waals surface area contributed by atoms with Gasteiger partial charge < -0.3 is 9.84 Å². The standard InChI is InChI=1S/C14H21FN2O4S/c1-11(18)10-16-5-7-17(8-6-16)22(19,20)14-9-12(15)3-4-13(14)21-2/h3-4,9,11,18H,5-8,10H2,1-2H3/t11-/m1/s1. The Labute approximate surface area is 130 Å². The molecule has 1 atom stereocenters. The van der Waals surface area contributed by atoms with Crippen molar-refractivity contribution in [3.05, 3.63) is 24.0 Å². The van der Waals surface area contributed by atoms with E-state index in [-0.39, 0.29) is 10.6 Å². The van der Waals surface area contributed by atoms with Crippen molar-refractivity contribution in [1.82, 2.24) is 9.21 Å². The number of aliphatic hydroxyl groups is 1. The van der Waals surface area contributed by atoms with E-state index in [0.717, 1.165) is 6.07 Å². The molecule has 6 nitrogen and oxygen atoms in total. The maximum Gasteiger partial charge on any atom is 0.246 e. The van der Waals surface area contributed by atoms with Gasteiger partial charge in [-0.15, -0.1) is 0 Å². The van der Waals surface area contributed by atoms with Crippen molar-refractivity contribution in [2.24, 2.45) is 0 Å². The molecule has 124 valence electrons. The zero-order chi connectivity index (χ0) is 16.3. The van der Waals surface area contributed by atoms with Crippen molar-refractivity contribution in [1.29, 1.82) is 0 Å². The fourth-order valence-corrected chi connectivity index (χ4v) is 4.11. The molecule has 0 saturated carbocycles. The largest absolute Gasteiger partial charge is 0.495 e. The van der Waals surface area contributed by atoms with Crippen LogP contribution < -0.4 is 4.74 Å². The van der Waals surface area contributed by atoms with E-state index >= 15 is 0 Å². The van der Waals surface area contributed by atoms with Gasteiger partial charge in [-0.1, -0.05) is 0 Å². The van der Waals surface area contributed by atoms with Gasteiger partial charge in [0.15, 0.2) is 0 Å². The molecule has 1 aliphatic heterocycles. The summed E-state index contributed by atoms with van der Waals surface area (Å²) in [6.07, 6.45) is -0.452. The van der Waals surface area contributed by atoms with Crippen molar-refractivity contribution >= 4 is 10.0 Å². The monoisotopic (exact) mass is 332 g/mol. The first-order chi connectivity index (χ1) is 10.3. The molecule has 1 N–H and O–H groups in total. The van der Waals surface area contributed by atoms with Crippen LogP contribution in [0, 0.1) is 5.82 Å². The third-order valence-electron chi connectivity index (χ3n) is 3.60. The van der Waals surface area contributed by atoms with E-state index in [9.17, 15) is 17.9 Å². The Bertz CT molecular complexity index is 613. The smallest absolute Gasteiger partial charge is 0.246 e. The molecule has 2 rings (SSSR count). The fraction of sp³-hybridized carbons (Fsp3) is 0.571. The Hall–Kier alpha value is -1.22. The summed E-state index contributed by atoms with van der Waals surface area (Å²) in [5.74, 6) is -0.486. The van der Waals surface area contributed by atoms with Gasteiger partial charge in [-0.25, -0.2) is 12.8 Å². The zero-order valence-corrected chi connectivity index (χ0v) is 13.5. The van der Waals surface area contributed by atoms with Crippen LogP contribution in [0.25, 0.3) is 0 Å². The molecule has 0 unspecified atom stereocenters. The number of piperazine rings is 1. The highest BCUT2D eigenvalue weighted by Gasteiger charge is 2.31. The number of halogens is 1. The van der Waals surface area contributed by atoms with Crippen LogP contribution in [-0.4, -0.2) is 68.7 Å². The normalized spacial score (nSPS) is 19.1. The van der Waals surface area contributed by atoms with Crippen molar-refractivity contribution in [3.8, 4) is 5.75 Å². The highest BCUT2D eigenvalue weighted by atomic mass is 32.2. The molecule has 8 heteroatoms. The summed E-state index contributed by atoms with van der Waals surface area (Å²) in [4.78, 5) is 1.85. The number of β-amino-alcohol motifs (C(OH)–C–C–N with tert-alkyl or cyclic N) is 1. The number of benzene rings is 1. The summed E-state index contributed by atoms with van der Waals surface area (Å²) >= 11 is 0. The molecule has 1 aromatic carbocycles. The molecule has 0 spiro atoms. The molecule has 1 fully saturated rings. The van der Waals surface area contributed by atoms with Crippen LogP contribution in [0.1, 0.15) is 6.92 Å². The summed E-state index contributed by atoms with van der Waals surface area (Å²) in [6, 6.07) is 3.46. The van der Waals surface area contributed by atoms with Crippen LogP contribution in [0.4, 0.5) is 4.39 Å². The molecule has 1 aliphatic rings. The second-order valence-electron chi connectivity index (χ2n) is 5.35. The van der Waals surface area contributed by atoms with Gasteiger partial charge >= 0.3 is 0 Å². The van der Waals surface area contributed by atoms with Gasteiger partial charge in [0.1, 0.15) is 16.5 Å². The molecular formula is C14H21FN2O4S. The Balaban J connectivity index is 2.17. The molecule has 0 aromatic heterocycles. The summed E-state index contributed by atoms with van der Waals surface area (Å²) in [7, 11) is -2.45. The number of hydrogen-bond acceptors (Lipinski definition) is 5. The molecular weight excluding hydrogens is 311 g/mol. The number of methoxy groups -OCH3 is 1. The first kappa shape index (κ1) is 17.1. The van der Waals surface area contributed by atoms with Gasteiger partial charge in [-0.05, 0) is 25.1 Å². The lowest BCUT2D eigenvalue weighted by molar-refractivity contribution is 0.103. The van der Waals surface area contributed by atoms with E-state index in [1.165, 1.54) is 23.5 Å². The van der Waals surface area contributed by atoms with Gasteiger partial charge in [0.2, 0.25) is 10.0 Å². The van der Waals surface area contributed by atoms with Crippen LogP contribution >= 0.6 is 0 Å². The van der Waals surface area contributed by atoms with Gasteiger partial charge in [0.25, 0.3) is 0 Å². The molecule has 0 radical (unpaired) electrons. The van der Waals surface area contributed by atoms with Crippen LogP contribution in [0.2, 0.25) is 0 Å². The third kappa shape index (κ3) is 3.75. The lowest BCUT2D eigenvalue weighted by Gasteiger charge is -2.34. The lowest BCUT2D eigenvalue weighted by Crippen LogP contribution is -2.50. The zero-order valence-electron chi connectivity index (χ0n) is 12.7. The Morgan fingerprint density at radius 3 is 2.50 bits per heavy atom. The minimum atomic E-state index is -3.80. The predicted octanol–water partition coefficient (Wildman–Crippen LogP) is 0.521. The Kier molecular flexibility index (Phi) is 5.38. The number of aliphatic hydroxyl groups excluding tert-OH is 1. The Morgan fingerprint density at radius 1 is 1.32 bits per heavy atom. The highest BCUT2D eigenvalue weighted by molar-refractivity contribution is 7.89. The van der Waals surface area contributed by atoms with Gasteiger partial charge in [-0.2, -0.15) is 4.31 Å². The van der Waals surface area contributed by atoms with Crippen LogP contribution in [-0.2, 0) is 10.0 Å². The van der Waals surface area contributed by atoms with Crippen molar-refractivity contribution in [2.45, 2.75) is 17.9 Å². The maximum absolute atomic E-state index is 13.4. The molecule has 0 bridgehead atoms. The van der Waals surface area contributed by atoms with E-state index in [2.05, 4.69) is 0 Å². The lowest BCUT2D eigenvalue weighted by atomic mass is 10.3. The first-order valence-electron chi connectivity index (χ1n) is 7.08. The SMILES string of the molecule is COc1ccc(F)cc1S(=O)(=O)N1CCN(C[C@@H](C)O)CC1. The average molecular weight is 332 g/mol. The number of nitrogens with zero attached hydrogens (tertiary/aromatic N) is 2. The first-order valence-corrected chi connectivity index (χ1v) is 8.52. The topological polar surface area (TPSA) is 70.1 Å². The molecule has 1 heterocycles. The molecule has 22 heavy (non-hydrogen) atoms. The van der Waals surface area contributed by atoms with E-state index in [4.69, 9.17) is 4.74 Å². The Morgan fingerprint density at radius 2 is 1.95 bits per heavy atom. The van der Waals surface area contributed by atoms with Gasteiger partial charge in [0, 0.05) is 32.7 Å².